The van der Waals surface area contributed by atoms with Crippen molar-refractivity contribution in [2.24, 2.45) is 0 Å². The Hall–Kier alpha value is -2.70. The molecule has 0 spiro atoms. The Bertz CT molecular complexity index is 694. The van der Waals surface area contributed by atoms with Crippen LogP contribution >= 0.6 is 0 Å². The van der Waals surface area contributed by atoms with Crippen molar-refractivity contribution in [3.63, 3.8) is 0 Å². The lowest BCUT2D eigenvalue weighted by molar-refractivity contribution is -0.129. The predicted octanol–water partition coefficient (Wildman–Crippen LogP) is 3.22. The van der Waals surface area contributed by atoms with Crippen LogP contribution < -0.4 is 10.2 Å². The molecule has 1 N–H and O–H groups in total. The van der Waals surface area contributed by atoms with Crippen molar-refractivity contribution in [3.8, 4) is 0 Å². The molecular weight excluding hydrogens is 366 g/mol. The molecule has 2 aromatic carbocycles. The molecule has 2 amide bonds. The highest BCUT2D eigenvalue weighted by molar-refractivity contribution is 6.01. The van der Waals surface area contributed by atoms with E-state index in [9.17, 15) is 9.59 Å². The zero-order chi connectivity index (χ0) is 20.9. The summed E-state index contributed by atoms with van der Waals surface area (Å²) in [6.07, 6.45) is 0.891. The first-order valence-electron chi connectivity index (χ1n) is 10.2. The summed E-state index contributed by atoms with van der Waals surface area (Å²) in [5.74, 6) is -0.431. The molecule has 156 valence electrons. The molecule has 0 aliphatic rings. The summed E-state index contributed by atoms with van der Waals surface area (Å²) in [5.41, 5.74) is 1.52. The van der Waals surface area contributed by atoms with E-state index in [1.165, 1.54) is 0 Å². The minimum absolute atomic E-state index is 0.131. The number of carbonyl (C=O) groups excluding carboxylic acids is 2. The van der Waals surface area contributed by atoms with Gasteiger partial charge in [-0.3, -0.25) is 14.5 Å². The number of para-hydroxylation sites is 2. The highest BCUT2D eigenvalue weighted by atomic mass is 16.5. The number of nitrogens with zero attached hydrogens (tertiary/aromatic N) is 2. The molecule has 0 fully saturated rings. The van der Waals surface area contributed by atoms with E-state index in [0.29, 0.717) is 6.54 Å². The normalized spacial score (nSPS) is 10.7. The van der Waals surface area contributed by atoms with Crippen LogP contribution in [0, 0.1) is 0 Å². The summed E-state index contributed by atoms with van der Waals surface area (Å²) < 4.78 is 5.39. The molecule has 0 atom stereocenters. The highest BCUT2D eigenvalue weighted by Gasteiger charge is 2.18. The molecule has 29 heavy (non-hydrogen) atoms. The van der Waals surface area contributed by atoms with Crippen LogP contribution in [-0.2, 0) is 14.3 Å². The number of rotatable bonds is 12. The lowest BCUT2D eigenvalue weighted by Gasteiger charge is -2.23. The molecule has 0 saturated carbocycles. The van der Waals surface area contributed by atoms with Gasteiger partial charge in [-0.2, -0.15) is 0 Å². The fraction of sp³-hybridized carbons (Fsp3) is 0.391. The number of hydrogen-bond acceptors (Lipinski definition) is 4. The first-order chi connectivity index (χ1) is 14.2. The van der Waals surface area contributed by atoms with Crippen molar-refractivity contribution in [3.05, 3.63) is 60.7 Å². The average molecular weight is 398 g/mol. The largest absolute Gasteiger partial charge is 0.362 e. The minimum Gasteiger partial charge on any atom is -0.362 e. The lowest BCUT2D eigenvalue weighted by atomic mass is 10.2. The van der Waals surface area contributed by atoms with Crippen LogP contribution in [0.4, 0.5) is 11.4 Å². The second kappa shape index (κ2) is 12.7. The van der Waals surface area contributed by atoms with E-state index in [1.54, 1.807) is 4.90 Å². The summed E-state index contributed by atoms with van der Waals surface area (Å²) in [4.78, 5) is 28.6. The Morgan fingerprint density at radius 2 is 1.41 bits per heavy atom. The second-order valence-electron chi connectivity index (χ2n) is 6.62. The summed E-state index contributed by atoms with van der Waals surface area (Å²) in [5, 5.41) is 2.84. The van der Waals surface area contributed by atoms with Gasteiger partial charge >= 0.3 is 0 Å². The van der Waals surface area contributed by atoms with E-state index < -0.39 is 0 Å². The van der Waals surface area contributed by atoms with Crippen LogP contribution in [-0.4, -0.2) is 56.1 Å². The lowest BCUT2D eigenvalue weighted by Crippen LogP contribution is -2.34. The van der Waals surface area contributed by atoms with Crippen LogP contribution in [0.15, 0.2) is 60.7 Å². The van der Waals surface area contributed by atoms with E-state index in [0.717, 1.165) is 37.4 Å². The molecule has 0 aliphatic carbocycles. The van der Waals surface area contributed by atoms with Gasteiger partial charge in [0.1, 0.15) is 13.2 Å². The van der Waals surface area contributed by atoms with Crippen molar-refractivity contribution < 1.29 is 14.3 Å². The monoisotopic (exact) mass is 397 g/mol. The predicted molar refractivity (Wildman–Crippen MR) is 116 cm³/mol. The maximum Gasteiger partial charge on any atom is 0.257 e. The number of amides is 2. The third kappa shape index (κ3) is 7.68. The van der Waals surface area contributed by atoms with Gasteiger partial charge in [0.15, 0.2) is 0 Å². The molecule has 0 aromatic heterocycles. The number of nitrogens with one attached hydrogen (secondary N) is 1. The van der Waals surface area contributed by atoms with Crippen molar-refractivity contribution >= 4 is 23.2 Å². The van der Waals surface area contributed by atoms with Crippen molar-refractivity contribution in [2.45, 2.75) is 20.3 Å². The minimum atomic E-state index is -0.225. The molecule has 2 rings (SSSR count). The van der Waals surface area contributed by atoms with Gasteiger partial charge in [-0.15, -0.1) is 0 Å². The van der Waals surface area contributed by atoms with E-state index in [2.05, 4.69) is 24.1 Å². The van der Waals surface area contributed by atoms with Crippen molar-refractivity contribution in [1.82, 2.24) is 10.2 Å². The quantitative estimate of drug-likeness (QED) is 0.559. The topological polar surface area (TPSA) is 61.9 Å². The zero-order valence-corrected chi connectivity index (χ0v) is 17.3. The SMILES string of the molecule is CCN(CC)CCCNC(=O)COCC(=O)N(c1ccccc1)c1ccccc1. The molecule has 0 unspecified atom stereocenters. The Kier molecular flexibility index (Phi) is 9.89. The van der Waals surface area contributed by atoms with E-state index in [1.807, 2.05) is 60.7 Å². The molecule has 6 heteroatoms. The van der Waals surface area contributed by atoms with Crippen LogP contribution in [0.5, 0.6) is 0 Å². The van der Waals surface area contributed by atoms with Gasteiger partial charge in [0.05, 0.1) is 0 Å². The van der Waals surface area contributed by atoms with Crippen molar-refractivity contribution in [1.29, 1.82) is 0 Å². The summed E-state index contributed by atoms with van der Waals surface area (Å²) in [6, 6.07) is 18.8. The van der Waals surface area contributed by atoms with E-state index in [-0.39, 0.29) is 25.0 Å². The number of benzene rings is 2. The molecule has 0 aliphatic heterocycles. The second-order valence-corrected chi connectivity index (χ2v) is 6.62. The number of carbonyl (C=O) groups is 2. The molecule has 0 radical (unpaired) electrons. The van der Waals surface area contributed by atoms with Gasteiger partial charge in [0, 0.05) is 17.9 Å². The fourth-order valence-corrected chi connectivity index (χ4v) is 3.01. The number of ether oxygens (including phenoxy) is 1. The molecule has 6 nitrogen and oxygen atoms in total. The smallest absolute Gasteiger partial charge is 0.257 e. The fourth-order valence-electron chi connectivity index (χ4n) is 3.01. The number of anilines is 2. The van der Waals surface area contributed by atoms with Gasteiger partial charge in [-0.1, -0.05) is 50.2 Å². The molecule has 0 heterocycles. The van der Waals surface area contributed by atoms with Crippen LogP contribution in [0.2, 0.25) is 0 Å². The average Bonchev–Trinajstić information content (AvgIpc) is 2.75. The number of hydrogen-bond donors (Lipinski definition) is 1. The Morgan fingerprint density at radius 1 is 0.862 bits per heavy atom. The first-order valence-corrected chi connectivity index (χ1v) is 10.2. The Labute approximate surface area is 173 Å². The third-order valence-corrected chi connectivity index (χ3v) is 4.60. The summed E-state index contributed by atoms with van der Waals surface area (Å²) >= 11 is 0. The zero-order valence-electron chi connectivity index (χ0n) is 17.3. The van der Waals surface area contributed by atoms with Crippen LogP contribution in [0.25, 0.3) is 0 Å². The standard InChI is InChI=1S/C23H31N3O3/c1-3-25(4-2)17-11-16-24-22(27)18-29-19-23(28)26(20-12-7-5-8-13-20)21-14-9-6-10-15-21/h5-10,12-15H,3-4,11,16-19H2,1-2H3,(H,24,27). The molecule has 2 aromatic rings. The maximum absolute atomic E-state index is 12.8. The Morgan fingerprint density at radius 3 is 1.93 bits per heavy atom. The summed E-state index contributed by atoms with van der Waals surface area (Å²) in [6.45, 7) is 7.53. The molecule has 0 bridgehead atoms. The van der Waals surface area contributed by atoms with Gasteiger partial charge < -0.3 is 15.0 Å². The van der Waals surface area contributed by atoms with E-state index in [4.69, 9.17) is 4.74 Å². The van der Waals surface area contributed by atoms with Crippen molar-refractivity contribution in [2.75, 3.05) is 44.3 Å². The maximum atomic E-state index is 12.8. The highest BCUT2D eigenvalue weighted by Crippen LogP contribution is 2.24. The Balaban J connectivity index is 1.81. The van der Waals surface area contributed by atoms with Gasteiger partial charge in [-0.05, 0) is 50.3 Å². The van der Waals surface area contributed by atoms with E-state index >= 15 is 0 Å². The first kappa shape index (κ1) is 22.6. The van der Waals surface area contributed by atoms with Gasteiger partial charge in [0.2, 0.25) is 5.91 Å². The summed E-state index contributed by atoms with van der Waals surface area (Å²) in [7, 11) is 0. The van der Waals surface area contributed by atoms with Gasteiger partial charge in [0.25, 0.3) is 5.91 Å². The third-order valence-electron chi connectivity index (χ3n) is 4.60. The molecule has 0 saturated heterocycles. The molecular formula is C23H31N3O3. The van der Waals surface area contributed by atoms with Crippen LogP contribution in [0.3, 0.4) is 0 Å². The van der Waals surface area contributed by atoms with Crippen LogP contribution in [0.1, 0.15) is 20.3 Å². The van der Waals surface area contributed by atoms with Gasteiger partial charge in [-0.25, -0.2) is 0 Å².